The van der Waals surface area contributed by atoms with Crippen LogP contribution in [0.2, 0.25) is 5.15 Å². The molecule has 1 aromatic heterocycles. The second-order valence-corrected chi connectivity index (χ2v) is 5.78. The summed E-state index contributed by atoms with van der Waals surface area (Å²) in [4.78, 5) is 12.5. The first-order valence-electron chi connectivity index (χ1n) is 6.86. The predicted octanol–water partition coefficient (Wildman–Crippen LogP) is 3.58. The summed E-state index contributed by atoms with van der Waals surface area (Å²) in [5.74, 6) is -0.276. The maximum Gasteiger partial charge on any atom is 0.278 e. The topological polar surface area (TPSA) is 55.1 Å². The quantitative estimate of drug-likeness (QED) is 0.747. The van der Waals surface area contributed by atoms with Crippen molar-refractivity contribution in [2.24, 2.45) is 7.05 Å². The van der Waals surface area contributed by atoms with Gasteiger partial charge >= 0.3 is 0 Å². The molecule has 0 fully saturated rings. The minimum Gasteiger partial charge on any atom is -0.504 e. The van der Waals surface area contributed by atoms with E-state index in [2.05, 4.69) is 5.10 Å². The third kappa shape index (κ3) is 2.16. The van der Waals surface area contributed by atoms with E-state index in [-0.39, 0.29) is 22.0 Å². The Balaban J connectivity index is 2.54. The van der Waals surface area contributed by atoms with Gasteiger partial charge in [-0.25, -0.2) is 4.68 Å². The van der Waals surface area contributed by atoms with E-state index >= 15 is 0 Å². The van der Waals surface area contributed by atoms with Crippen LogP contribution in [0.1, 0.15) is 11.1 Å². The Morgan fingerprint density at radius 3 is 2.55 bits per heavy atom. The lowest BCUT2D eigenvalue weighted by atomic mass is 9.93. The Morgan fingerprint density at radius 1 is 1.14 bits per heavy atom. The summed E-state index contributed by atoms with van der Waals surface area (Å²) in [5.41, 5.74) is 2.49. The van der Waals surface area contributed by atoms with Crippen LogP contribution in [0.4, 0.5) is 0 Å². The molecule has 3 rings (SSSR count). The van der Waals surface area contributed by atoms with Gasteiger partial charge in [-0.15, -0.1) is 0 Å². The second-order valence-electron chi connectivity index (χ2n) is 5.43. The molecule has 3 aromatic rings. The Bertz CT molecular complexity index is 956. The fourth-order valence-electron chi connectivity index (χ4n) is 2.69. The van der Waals surface area contributed by atoms with E-state index in [0.717, 1.165) is 26.6 Å². The zero-order valence-electron chi connectivity index (χ0n) is 12.5. The highest BCUT2D eigenvalue weighted by Crippen LogP contribution is 2.37. The Morgan fingerprint density at radius 2 is 1.82 bits per heavy atom. The third-order valence-corrected chi connectivity index (χ3v) is 4.07. The first-order chi connectivity index (χ1) is 10.4. The zero-order valence-corrected chi connectivity index (χ0v) is 13.3. The third-order valence-electron chi connectivity index (χ3n) is 3.81. The predicted molar refractivity (Wildman–Crippen MR) is 88.6 cm³/mol. The van der Waals surface area contributed by atoms with Crippen LogP contribution in [0.3, 0.4) is 0 Å². The van der Waals surface area contributed by atoms with Crippen LogP contribution >= 0.6 is 11.6 Å². The van der Waals surface area contributed by atoms with Gasteiger partial charge in [0.2, 0.25) is 0 Å². The lowest BCUT2D eigenvalue weighted by molar-refractivity contribution is 0.467. The lowest BCUT2D eigenvalue weighted by Crippen LogP contribution is -2.21. The Labute approximate surface area is 132 Å². The molecule has 0 radical (unpaired) electrons. The lowest BCUT2D eigenvalue weighted by Gasteiger charge is -2.13. The molecule has 0 saturated carbocycles. The smallest absolute Gasteiger partial charge is 0.278 e. The highest BCUT2D eigenvalue weighted by atomic mass is 35.5. The summed E-state index contributed by atoms with van der Waals surface area (Å²) in [6.07, 6.45) is 0. The molecule has 0 bridgehead atoms. The molecule has 0 amide bonds. The average Bonchev–Trinajstić information content (AvgIpc) is 2.47. The number of halogens is 1. The molecule has 1 N–H and O–H groups in total. The fraction of sp³-hybridized carbons (Fsp3) is 0.176. The number of hydrogen-bond acceptors (Lipinski definition) is 3. The normalized spacial score (nSPS) is 11.1. The van der Waals surface area contributed by atoms with Crippen molar-refractivity contribution in [2.45, 2.75) is 13.8 Å². The van der Waals surface area contributed by atoms with E-state index in [4.69, 9.17) is 11.6 Å². The average molecular weight is 315 g/mol. The maximum absolute atomic E-state index is 12.5. The summed E-state index contributed by atoms with van der Waals surface area (Å²) in [7, 11) is 1.52. The van der Waals surface area contributed by atoms with Gasteiger partial charge in [0.15, 0.2) is 10.9 Å². The van der Waals surface area contributed by atoms with Gasteiger partial charge in [0.25, 0.3) is 5.56 Å². The number of fused-ring (bicyclic) bond motifs is 1. The number of hydrogen-bond donors (Lipinski definition) is 1. The summed E-state index contributed by atoms with van der Waals surface area (Å²) < 4.78 is 1.14. The van der Waals surface area contributed by atoms with Gasteiger partial charge in [-0.05, 0) is 30.2 Å². The van der Waals surface area contributed by atoms with Crippen molar-refractivity contribution in [3.63, 3.8) is 0 Å². The van der Waals surface area contributed by atoms with Crippen molar-refractivity contribution in [3.05, 3.63) is 57.0 Å². The molecule has 0 aliphatic rings. The molecule has 0 unspecified atom stereocenters. The molecule has 0 aliphatic heterocycles. The highest BCUT2D eigenvalue weighted by molar-refractivity contribution is 6.31. The van der Waals surface area contributed by atoms with E-state index in [1.54, 1.807) is 0 Å². The van der Waals surface area contributed by atoms with Crippen molar-refractivity contribution in [2.75, 3.05) is 0 Å². The van der Waals surface area contributed by atoms with Crippen molar-refractivity contribution in [1.29, 1.82) is 0 Å². The summed E-state index contributed by atoms with van der Waals surface area (Å²) >= 11 is 5.95. The van der Waals surface area contributed by atoms with Crippen molar-refractivity contribution >= 4 is 22.4 Å². The summed E-state index contributed by atoms with van der Waals surface area (Å²) in [6, 6.07) is 9.94. The molecule has 4 nitrogen and oxygen atoms in total. The summed E-state index contributed by atoms with van der Waals surface area (Å²) in [5, 5.41) is 15.9. The van der Waals surface area contributed by atoms with Gasteiger partial charge in [0.05, 0.1) is 5.56 Å². The number of aryl methyl sites for hydroxylation is 3. The van der Waals surface area contributed by atoms with Crippen LogP contribution in [0.15, 0.2) is 35.1 Å². The van der Waals surface area contributed by atoms with E-state index < -0.39 is 0 Å². The van der Waals surface area contributed by atoms with E-state index in [1.165, 1.54) is 7.05 Å². The van der Waals surface area contributed by atoms with Crippen LogP contribution in [0, 0.1) is 13.8 Å². The van der Waals surface area contributed by atoms with E-state index in [9.17, 15) is 9.90 Å². The monoisotopic (exact) mass is 314 g/mol. The van der Waals surface area contributed by atoms with Gasteiger partial charge in [0.1, 0.15) is 0 Å². The van der Waals surface area contributed by atoms with E-state index in [0.29, 0.717) is 5.56 Å². The largest absolute Gasteiger partial charge is 0.504 e. The molecule has 0 spiro atoms. The molecule has 5 heteroatoms. The van der Waals surface area contributed by atoms with Crippen LogP contribution in [-0.4, -0.2) is 14.9 Å². The molecule has 1 heterocycles. The minimum atomic E-state index is -0.376. The minimum absolute atomic E-state index is 0.0823. The van der Waals surface area contributed by atoms with Crippen molar-refractivity contribution in [3.8, 4) is 16.9 Å². The molecule has 22 heavy (non-hydrogen) atoms. The Hall–Kier alpha value is -2.33. The van der Waals surface area contributed by atoms with Gasteiger partial charge in [-0.3, -0.25) is 4.79 Å². The summed E-state index contributed by atoms with van der Waals surface area (Å²) in [6.45, 7) is 3.90. The van der Waals surface area contributed by atoms with Crippen LogP contribution < -0.4 is 5.56 Å². The highest BCUT2D eigenvalue weighted by Gasteiger charge is 2.20. The fourth-order valence-corrected chi connectivity index (χ4v) is 2.90. The zero-order chi connectivity index (χ0) is 16.0. The number of rotatable bonds is 1. The molecule has 0 aliphatic carbocycles. The van der Waals surface area contributed by atoms with E-state index in [1.807, 2.05) is 44.2 Å². The Kier molecular flexibility index (Phi) is 3.41. The SMILES string of the molecule is Cc1ccc2ccc(C)c(-c3c(O)c(Cl)nn(C)c3=O)c2c1. The van der Waals surface area contributed by atoms with Crippen LogP contribution in [0.25, 0.3) is 21.9 Å². The van der Waals surface area contributed by atoms with Gasteiger partial charge < -0.3 is 5.11 Å². The molecule has 112 valence electrons. The molecular formula is C17H15ClN2O2. The van der Waals surface area contributed by atoms with Crippen LogP contribution in [-0.2, 0) is 7.05 Å². The molecule has 2 aromatic carbocycles. The van der Waals surface area contributed by atoms with Gasteiger partial charge in [-0.1, -0.05) is 47.5 Å². The first kappa shape index (κ1) is 14.6. The van der Waals surface area contributed by atoms with Crippen LogP contribution in [0.5, 0.6) is 5.75 Å². The molecular weight excluding hydrogens is 300 g/mol. The maximum atomic E-state index is 12.5. The van der Waals surface area contributed by atoms with Gasteiger partial charge in [-0.2, -0.15) is 5.10 Å². The molecule has 0 atom stereocenters. The number of aromatic hydroxyl groups is 1. The molecule has 0 saturated heterocycles. The number of aromatic nitrogens is 2. The van der Waals surface area contributed by atoms with Crippen molar-refractivity contribution < 1.29 is 5.11 Å². The number of benzene rings is 2. The standard InChI is InChI=1S/C17H15ClN2O2/c1-9-4-6-11-7-5-10(2)13(12(11)8-9)14-15(21)16(18)19-20(3)17(14)22/h4-8,21H,1-3H3. The first-order valence-corrected chi connectivity index (χ1v) is 7.24. The second kappa shape index (κ2) is 5.14. The number of nitrogens with zero attached hydrogens (tertiary/aromatic N) is 2. The van der Waals surface area contributed by atoms with Gasteiger partial charge in [0, 0.05) is 12.6 Å². The van der Waals surface area contributed by atoms with Crippen molar-refractivity contribution in [1.82, 2.24) is 9.78 Å².